The molecule has 96 valence electrons. The molecule has 2 rings (SSSR count). The van der Waals surface area contributed by atoms with Crippen molar-refractivity contribution in [3.05, 3.63) is 18.0 Å². The number of aromatic nitrogens is 2. The predicted octanol–water partition coefficient (Wildman–Crippen LogP) is 1.38. The molecule has 0 aliphatic carbocycles. The van der Waals surface area contributed by atoms with Gasteiger partial charge in [0.05, 0.1) is 5.69 Å². The molecule has 4 heteroatoms. The lowest BCUT2D eigenvalue weighted by Crippen LogP contribution is -2.55. The van der Waals surface area contributed by atoms with Crippen LogP contribution >= 0.6 is 0 Å². The van der Waals surface area contributed by atoms with Crippen molar-refractivity contribution in [2.24, 2.45) is 7.05 Å². The van der Waals surface area contributed by atoms with Gasteiger partial charge in [0, 0.05) is 45.0 Å². The maximum Gasteiger partial charge on any atom is 0.0521 e. The van der Waals surface area contributed by atoms with Crippen LogP contribution in [-0.2, 0) is 13.6 Å². The van der Waals surface area contributed by atoms with Gasteiger partial charge in [0.25, 0.3) is 0 Å². The normalized spacial score (nSPS) is 26.3. The van der Waals surface area contributed by atoms with Gasteiger partial charge in [-0.05, 0) is 18.9 Å². The standard InChI is InChI=1S/C13H24N4/c1-4-11-9-17(12(5-2)8-14-11)10-13-6-7-15-16(13)3/h6-7,11-12,14H,4-5,8-10H2,1-3H3. The Morgan fingerprint density at radius 3 is 2.82 bits per heavy atom. The highest BCUT2D eigenvalue weighted by Crippen LogP contribution is 2.15. The van der Waals surface area contributed by atoms with E-state index in [2.05, 4.69) is 35.2 Å². The van der Waals surface area contributed by atoms with Crippen LogP contribution in [0.15, 0.2) is 12.3 Å². The minimum Gasteiger partial charge on any atom is -0.311 e. The molecule has 0 saturated carbocycles. The summed E-state index contributed by atoms with van der Waals surface area (Å²) >= 11 is 0. The number of hydrogen-bond donors (Lipinski definition) is 1. The number of aryl methyl sites for hydroxylation is 1. The Morgan fingerprint density at radius 2 is 2.24 bits per heavy atom. The number of piperazine rings is 1. The van der Waals surface area contributed by atoms with E-state index in [1.165, 1.54) is 18.5 Å². The highest BCUT2D eigenvalue weighted by atomic mass is 15.3. The Kier molecular flexibility index (Phi) is 4.18. The molecule has 1 aromatic heterocycles. The minimum absolute atomic E-state index is 0.644. The Hall–Kier alpha value is -0.870. The SMILES string of the molecule is CCC1CN(Cc2ccnn2C)C(CC)CN1. The molecule has 1 aliphatic heterocycles. The van der Waals surface area contributed by atoms with Crippen molar-refractivity contribution in [3.8, 4) is 0 Å². The lowest BCUT2D eigenvalue weighted by atomic mass is 10.0. The largest absolute Gasteiger partial charge is 0.311 e. The van der Waals surface area contributed by atoms with Gasteiger partial charge in [-0.25, -0.2) is 0 Å². The third-order valence-electron chi connectivity index (χ3n) is 3.87. The molecule has 1 N–H and O–H groups in total. The van der Waals surface area contributed by atoms with E-state index in [0.717, 1.165) is 19.6 Å². The lowest BCUT2D eigenvalue weighted by molar-refractivity contribution is 0.114. The number of rotatable bonds is 4. The molecule has 0 amide bonds. The summed E-state index contributed by atoms with van der Waals surface area (Å²) in [6.07, 6.45) is 4.30. The van der Waals surface area contributed by atoms with Gasteiger partial charge in [-0.3, -0.25) is 9.58 Å². The van der Waals surface area contributed by atoms with E-state index < -0.39 is 0 Å². The topological polar surface area (TPSA) is 33.1 Å². The van der Waals surface area contributed by atoms with E-state index >= 15 is 0 Å². The van der Waals surface area contributed by atoms with Crippen LogP contribution in [0.25, 0.3) is 0 Å². The first-order chi connectivity index (χ1) is 8.24. The van der Waals surface area contributed by atoms with Gasteiger partial charge in [0.1, 0.15) is 0 Å². The Bertz CT molecular complexity index is 347. The Morgan fingerprint density at radius 1 is 1.41 bits per heavy atom. The second-order valence-corrected chi connectivity index (χ2v) is 4.95. The van der Waals surface area contributed by atoms with Gasteiger partial charge in [0.15, 0.2) is 0 Å². The Labute approximate surface area is 104 Å². The second kappa shape index (κ2) is 5.65. The van der Waals surface area contributed by atoms with Gasteiger partial charge in [-0.1, -0.05) is 13.8 Å². The zero-order valence-electron chi connectivity index (χ0n) is 11.2. The third-order valence-corrected chi connectivity index (χ3v) is 3.87. The third kappa shape index (κ3) is 2.87. The lowest BCUT2D eigenvalue weighted by Gasteiger charge is -2.39. The van der Waals surface area contributed by atoms with Gasteiger partial charge in [0.2, 0.25) is 0 Å². The monoisotopic (exact) mass is 236 g/mol. The zero-order chi connectivity index (χ0) is 12.3. The fraction of sp³-hybridized carbons (Fsp3) is 0.769. The molecule has 0 spiro atoms. The van der Waals surface area contributed by atoms with Crippen molar-refractivity contribution in [2.45, 2.75) is 45.3 Å². The molecule has 2 heterocycles. The summed E-state index contributed by atoms with van der Waals surface area (Å²) in [4.78, 5) is 2.60. The molecule has 1 aliphatic rings. The zero-order valence-corrected chi connectivity index (χ0v) is 11.2. The minimum atomic E-state index is 0.644. The summed E-state index contributed by atoms with van der Waals surface area (Å²) in [6, 6.07) is 3.43. The summed E-state index contributed by atoms with van der Waals surface area (Å²) < 4.78 is 1.98. The molecule has 0 aromatic carbocycles. The maximum atomic E-state index is 4.25. The molecular weight excluding hydrogens is 212 g/mol. The summed E-state index contributed by atoms with van der Waals surface area (Å²) in [5.74, 6) is 0. The van der Waals surface area contributed by atoms with Gasteiger partial charge in [-0.2, -0.15) is 5.10 Å². The number of nitrogens with zero attached hydrogens (tertiary/aromatic N) is 3. The molecule has 2 atom stereocenters. The molecular formula is C13H24N4. The Balaban J connectivity index is 2.03. The second-order valence-electron chi connectivity index (χ2n) is 4.95. The van der Waals surface area contributed by atoms with Crippen molar-refractivity contribution >= 4 is 0 Å². The van der Waals surface area contributed by atoms with Gasteiger partial charge >= 0.3 is 0 Å². The fourth-order valence-electron chi connectivity index (χ4n) is 2.56. The summed E-state index contributed by atoms with van der Waals surface area (Å²) in [7, 11) is 2.02. The van der Waals surface area contributed by atoms with Crippen LogP contribution < -0.4 is 5.32 Å². The van der Waals surface area contributed by atoms with Gasteiger partial charge < -0.3 is 5.32 Å². The van der Waals surface area contributed by atoms with Crippen LogP contribution in [0.2, 0.25) is 0 Å². The van der Waals surface area contributed by atoms with Crippen molar-refractivity contribution in [2.75, 3.05) is 13.1 Å². The van der Waals surface area contributed by atoms with Crippen molar-refractivity contribution in [1.82, 2.24) is 20.0 Å². The first kappa shape index (κ1) is 12.6. The van der Waals surface area contributed by atoms with E-state index in [-0.39, 0.29) is 0 Å². The maximum absolute atomic E-state index is 4.25. The van der Waals surface area contributed by atoms with E-state index in [1.807, 2.05) is 17.9 Å². The summed E-state index contributed by atoms with van der Waals surface area (Å²) in [5.41, 5.74) is 1.31. The van der Waals surface area contributed by atoms with Crippen LogP contribution in [0.4, 0.5) is 0 Å². The van der Waals surface area contributed by atoms with E-state index in [9.17, 15) is 0 Å². The van der Waals surface area contributed by atoms with Crippen molar-refractivity contribution in [3.63, 3.8) is 0 Å². The predicted molar refractivity (Wildman–Crippen MR) is 69.8 cm³/mol. The number of hydrogen-bond acceptors (Lipinski definition) is 3. The number of nitrogens with one attached hydrogen (secondary N) is 1. The molecule has 0 bridgehead atoms. The van der Waals surface area contributed by atoms with E-state index in [0.29, 0.717) is 12.1 Å². The highest BCUT2D eigenvalue weighted by molar-refractivity contribution is 5.01. The first-order valence-corrected chi connectivity index (χ1v) is 6.68. The van der Waals surface area contributed by atoms with Crippen molar-refractivity contribution in [1.29, 1.82) is 0 Å². The van der Waals surface area contributed by atoms with Crippen LogP contribution in [0.1, 0.15) is 32.4 Å². The van der Waals surface area contributed by atoms with E-state index in [1.54, 1.807) is 0 Å². The van der Waals surface area contributed by atoms with Crippen LogP contribution in [0, 0.1) is 0 Å². The van der Waals surface area contributed by atoms with Crippen LogP contribution in [-0.4, -0.2) is 39.9 Å². The molecule has 1 fully saturated rings. The molecule has 17 heavy (non-hydrogen) atoms. The molecule has 1 aromatic rings. The molecule has 2 unspecified atom stereocenters. The summed E-state index contributed by atoms with van der Waals surface area (Å²) in [6.45, 7) is 7.82. The van der Waals surface area contributed by atoms with Crippen LogP contribution in [0.3, 0.4) is 0 Å². The van der Waals surface area contributed by atoms with Crippen molar-refractivity contribution < 1.29 is 0 Å². The molecule has 4 nitrogen and oxygen atoms in total. The molecule has 0 radical (unpaired) electrons. The average molecular weight is 236 g/mol. The highest BCUT2D eigenvalue weighted by Gasteiger charge is 2.26. The quantitative estimate of drug-likeness (QED) is 0.857. The van der Waals surface area contributed by atoms with Gasteiger partial charge in [-0.15, -0.1) is 0 Å². The molecule has 1 saturated heterocycles. The smallest absolute Gasteiger partial charge is 0.0521 e. The van der Waals surface area contributed by atoms with Crippen LogP contribution in [0.5, 0.6) is 0 Å². The first-order valence-electron chi connectivity index (χ1n) is 6.68. The fourth-order valence-corrected chi connectivity index (χ4v) is 2.56. The summed E-state index contributed by atoms with van der Waals surface area (Å²) in [5, 5.41) is 7.88. The average Bonchev–Trinajstić information content (AvgIpc) is 2.75. The van der Waals surface area contributed by atoms with E-state index in [4.69, 9.17) is 0 Å².